The summed E-state index contributed by atoms with van der Waals surface area (Å²) in [4.78, 5) is 49.9. The molecule has 0 spiro atoms. The fourth-order valence-electron chi connectivity index (χ4n) is 3.38. The number of amides is 4. The highest BCUT2D eigenvalue weighted by molar-refractivity contribution is 14.1. The van der Waals surface area contributed by atoms with E-state index in [9.17, 15) is 19.2 Å². The van der Waals surface area contributed by atoms with Crippen molar-refractivity contribution < 1.29 is 29.0 Å². The first-order valence-electron chi connectivity index (χ1n) is 10.4. The van der Waals surface area contributed by atoms with Gasteiger partial charge >= 0.3 is 12.0 Å². The summed E-state index contributed by atoms with van der Waals surface area (Å²) in [6.45, 7) is 0.216. The van der Waals surface area contributed by atoms with Crippen LogP contribution in [0.25, 0.3) is 6.08 Å². The van der Waals surface area contributed by atoms with Crippen LogP contribution in [0.15, 0.2) is 60.2 Å². The molecule has 1 fully saturated rings. The van der Waals surface area contributed by atoms with E-state index < -0.39 is 23.8 Å². The number of anilines is 1. The van der Waals surface area contributed by atoms with Gasteiger partial charge in [0.2, 0.25) is 0 Å². The van der Waals surface area contributed by atoms with Crippen LogP contribution in [0, 0.1) is 7.14 Å². The monoisotopic (exact) mass is 762 g/mol. The normalized spacial score (nSPS) is 14.6. The van der Waals surface area contributed by atoms with Gasteiger partial charge in [-0.1, -0.05) is 35.3 Å². The molecule has 1 aliphatic rings. The Kier molecular flexibility index (Phi) is 8.41. The van der Waals surface area contributed by atoms with Crippen LogP contribution in [0.1, 0.15) is 21.5 Å². The minimum Gasteiger partial charge on any atom is -0.487 e. The first-order chi connectivity index (χ1) is 17.5. The average molecular weight is 763 g/mol. The van der Waals surface area contributed by atoms with Crippen molar-refractivity contribution in [1.82, 2.24) is 5.32 Å². The molecule has 0 saturated carbocycles. The number of halogens is 4. The van der Waals surface area contributed by atoms with Crippen LogP contribution in [0.2, 0.25) is 10.0 Å². The van der Waals surface area contributed by atoms with Crippen molar-refractivity contribution in [3.05, 3.63) is 94.0 Å². The molecule has 0 bridgehead atoms. The number of barbiturate groups is 1. The van der Waals surface area contributed by atoms with Crippen LogP contribution >= 0.6 is 68.4 Å². The standard InChI is InChI=1S/C25H14Cl2I2N2O6/c26-17-6-5-15(10-18(17)27)31-23(33)16(22(32)30-25(31)36)7-13-8-19(28)21(20(29)9-13)37-11-12-1-3-14(4-2-12)24(34)35/h1-10H,11H2,(H,34,35)(H,30,32,36)/b16-7+. The maximum absolute atomic E-state index is 13.1. The molecule has 3 aromatic rings. The Morgan fingerprint density at radius 1 is 0.973 bits per heavy atom. The third-order valence-electron chi connectivity index (χ3n) is 5.18. The number of benzene rings is 3. The second-order valence-electron chi connectivity index (χ2n) is 7.66. The summed E-state index contributed by atoms with van der Waals surface area (Å²) in [5.74, 6) is -2.03. The third kappa shape index (κ3) is 6.08. The lowest BCUT2D eigenvalue weighted by Crippen LogP contribution is -2.54. The Hall–Kier alpha value is -2.68. The minimum absolute atomic E-state index is 0.153. The van der Waals surface area contributed by atoms with Crippen LogP contribution in [0.3, 0.4) is 0 Å². The molecule has 1 saturated heterocycles. The quantitative estimate of drug-likeness (QED) is 0.177. The van der Waals surface area contributed by atoms with Crippen LogP contribution in [-0.4, -0.2) is 28.9 Å². The zero-order valence-corrected chi connectivity index (χ0v) is 24.3. The molecule has 0 atom stereocenters. The van der Waals surface area contributed by atoms with Gasteiger partial charge in [0, 0.05) is 0 Å². The van der Waals surface area contributed by atoms with Gasteiger partial charge in [0.1, 0.15) is 17.9 Å². The van der Waals surface area contributed by atoms with Crippen molar-refractivity contribution in [2.24, 2.45) is 0 Å². The molecule has 1 heterocycles. The van der Waals surface area contributed by atoms with E-state index in [0.717, 1.165) is 17.6 Å². The largest absolute Gasteiger partial charge is 0.487 e. The second kappa shape index (κ2) is 11.4. The topological polar surface area (TPSA) is 113 Å². The van der Waals surface area contributed by atoms with E-state index in [0.29, 0.717) is 11.3 Å². The number of carboxylic acid groups (broad SMARTS) is 1. The van der Waals surface area contributed by atoms with Crippen molar-refractivity contribution in [2.75, 3.05) is 4.90 Å². The van der Waals surface area contributed by atoms with E-state index in [-0.39, 0.29) is 33.5 Å². The molecule has 188 valence electrons. The molecular formula is C25H14Cl2I2N2O6. The summed E-state index contributed by atoms with van der Waals surface area (Å²) in [5, 5.41) is 11.6. The van der Waals surface area contributed by atoms with Gasteiger partial charge in [-0.15, -0.1) is 0 Å². The van der Waals surface area contributed by atoms with E-state index in [4.69, 9.17) is 33.0 Å². The Morgan fingerprint density at radius 3 is 2.22 bits per heavy atom. The SMILES string of the molecule is O=C1NC(=O)N(c2ccc(Cl)c(Cl)c2)C(=O)/C1=C/c1cc(I)c(OCc2ccc(C(=O)O)cc2)c(I)c1. The predicted molar refractivity (Wildman–Crippen MR) is 155 cm³/mol. The number of imide groups is 2. The summed E-state index contributed by atoms with van der Waals surface area (Å²) >= 11 is 16.1. The van der Waals surface area contributed by atoms with Crippen molar-refractivity contribution >= 4 is 104 Å². The van der Waals surface area contributed by atoms with Gasteiger partial charge in [0.25, 0.3) is 11.8 Å². The van der Waals surface area contributed by atoms with E-state index in [2.05, 4.69) is 50.5 Å². The molecule has 12 heteroatoms. The lowest BCUT2D eigenvalue weighted by atomic mass is 10.1. The van der Waals surface area contributed by atoms with Gasteiger partial charge in [-0.25, -0.2) is 14.5 Å². The van der Waals surface area contributed by atoms with Crippen molar-refractivity contribution in [1.29, 1.82) is 0 Å². The molecule has 37 heavy (non-hydrogen) atoms. The number of ether oxygens (including phenoxy) is 1. The zero-order valence-electron chi connectivity index (χ0n) is 18.4. The van der Waals surface area contributed by atoms with Crippen LogP contribution in [0.4, 0.5) is 10.5 Å². The van der Waals surface area contributed by atoms with Gasteiger partial charge in [-0.05, 0) is 105 Å². The van der Waals surface area contributed by atoms with Crippen LogP contribution in [0.5, 0.6) is 5.75 Å². The number of rotatable bonds is 6. The number of hydrogen-bond acceptors (Lipinski definition) is 5. The summed E-state index contributed by atoms with van der Waals surface area (Å²) in [5.41, 5.74) is 1.46. The highest BCUT2D eigenvalue weighted by atomic mass is 127. The molecule has 0 radical (unpaired) electrons. The van der Waals surface area contributed by atoms with Crippen molar-refractivity contribution in [3.63, 3.8) is 0 Å². The predicted octanol–water partition coefficient (Wildman–Crippen LogP) is 6.15. The Morgan fingerprint density at radius 2 is 1.62 bits per heavy atom. The number of urea groups is 1. The Labute approximate surface area is 247 Å². The fourth-order valence-corrected chi connectivity index (χ4v) is 5.80. The smallest absolute Gasteiger partial charge is 0.335 e. The number of carbonyl (C=O) groups is 4. The molecule has 2 N–H and O–H groups in total. The van der Waals surface area contributed by atoms with Gasteiger partial charge in [0.15, 0.2) is 0 Å². The summed E-state index contributed by atoms with van der Waals surface area (Å²) in [6.07, 6.45) is 1.40. The Bertz CT molecular complexity index is 1470. The number of hydrogen-bond donors (Lipinski definition) is 2. The maximum atomic E-state index is 13.1. The molecule has 0 aromatic heterocycles. The number of nitrogens with one attached hydrogen (secondary N) is 1. The second-order valence-corrected chi connectivity index (χ2v) is 10.8. The van der Waals surface area contributed by atoms with Crippen LogP contribution < -0.4 is 15.0 Å². The molecular weight excluding hydrogens is 749 g/mol. The molecule has 4 amide bonds. The third-order valence-corrected chi connectivity index (χ3v) is 7.52. The van der Waals surface area contributed by atoms with E-state index in [1.807, 2.05) is 0 Å². The molecule has 4 rings (SSSR count). The number of carboxylic acids is 1. The van der Waals surface area contributed by atoms with Gasteiger partial charge in [0.05, 0.1) is 28.4 Å². The number of aromatic carboxylic acids is 1. The molecule has 0 aliphatic carbocycles. The highest BCUT2D eigenvalue weighted by Gasteiger charge is 2.37. The van der Waals surface area contributed by atoms with Crippen molar-refractivity contribution in [2.45, 2.75) is 6.61 Å². The fraction of sp³-hybridized carbons (Fsp3) is 0.0400. The number of carbonyl (C=O) groups excluding carboxylic acids is 3. The summed E-state index contributed by atoms with van der Waals surface area (Å²) in [7, 11) is 0. The Balaban J connectivity index is 1.58. The first kappa shape index (κ1) is 27.4. The van der Waals surface area contributed by atoms with Crippen molar-refractivity contribution in [3.8, 4) is 5.75 Å². The zero-order chi connectivity index (χ0) is 26.9. The number of nitrogens with zero attached hydrogens (tertiary/aromatic N) is 1. The summed E-state index contributed by atoms with van der Waals surface area (Å²) < 4.78 is 7.39. The van der Waals surface area contributed by atoms with Crippen LogP contribution in [-0.2, 0) is 16.2 Å². The van der Waals surface area contributed by atoms with E-state index >= 15 is 0 Å². The average Bonchev–Trinajstić information content (AvgIpc) is 2.83. The van der Waals surface area contributed by atoms with E-state index in [1.54, 1.807) is 24.3 Å². The first-order valence-corrected chi connectivity index (χ1v) is 13.3. The molecule has 1 aliphatic heterocycles. The molecule has 3 aromatic carbocycles. The highest BCUT2D eigenvalue weighted by Crippen LogP contribution is 2.32. The molecule has 0 unspecified atom stereocenters. The van der Waals surface area contributed by atoms with E-state index in [1.165, 1.54) is 36.4 Å². The van der Waals surface area contributed by atoms with Gasteiger partial charge in [-0.3, -0.25) is 14.9 Å². The summed E-state index contributed by atoms with van der Waals surface area (Å²) in [6, 6.07) is 13.2. The maximum Gasteiger partial charge on any atom is 0.335 e. The minimum atomic E-state index is -1.00. The lowest BCUT2D eigenvalue weighted by molar-refractivity contribution is -0.122. The van der Waals surface area contributed by atoms with Gasteiger partial charge < -0.3 is 9.84 Å². The molecule has 8 nitrogen and oxygen atoms in total. The van der Waals surface area contributed by atoms with Gasteiger partial charge in [-0.2, -0.15) is 0 Å². The lowest BCUT2D eigenvalue weighted by Gasteiger charge is -2.26.